The van der Waals surface area contributed by atoms with Gasteiger partial charge in [-0.05, 0) is 108 Å². The molecule has 0 atom stereocenters. The molecular weight excluding hydrogens is 767 g/mol. The summed E-state index contributed by atoms with van der Waals surface area (Å²) in [6, 6.07) is 86.8. The molecule has 0 N–H and O–H groups in total. The highest BCUT2D eigenvalue weighted by Crippen LogP contribution is 2.48. The second-order valence-electron chi connectivity index (χ2n) is 16.0. The number of anilines is 3. The van der Waals surface area contributed by atoms with Crippen LogP contribution in [0.25, 0.3) is 97.0 Å². The molecule has 0 bridgehead atoms. The molecule has 0 aliphatic carbocycles. The molecule has 1 aromatic heterocycles. The Kier molecular flexibility index (Phi) is 8.76. The summed E-state index contributed by atoms with van der Waals surface area (Å²) in [6.45, 7) is 0. The van der Waals surface area contributed by atoms with Crippen LogP contribution in [0.1, 0.15) is 0 Å². The number of rotatable bonds is 7. The molecule has 0 amide bonds. The molecule has 11 aromatic carbocycles. The van der Waals surface area contributed by atoms with Crippen molar-refractivity contribution in [1.82, 2.24) is 0 Å². The van der Waals surface area contributed by atoms with Crippen LogP contribution in [0.15, 0.2) is 237 Å². The number of fused-ring (bicyclic) bond motifs is 8. The first kappa shape index (κ1) is 36.1. The van der Waals surface area contributed by atoms with Crippen LogP contribution in [-0.4, -0.2) is 0 Å². The van der Waals surface area contributed by atoms with E-state index in [0.717, 1.165) is 22.6 Å². The van der Waals surface area contributed by atoms with Gasteiger partial charge in [-0.1, -0.05) is 200 Å². The largest absolute Gasteiger partial charge is 0.310 e. The van der Waals surface area contributed by atoms with Gasteiger partial charge in [0, 0.05) is 37.1 Å². The molecule has 0 radical (unpaired) electrons. The Morgan fingerprint density at radius 2 is 0.839 bits per heavy atom. The molecule has 2 heteroatoms. The van der Waals surface area contributed by atoms with Crippen LogP contribution in [0.3, 0.4) is 0 Å². The zero-order valence-corrected chi connectivity index (χ0v) is 34.7. The van der Waals surface area contributed by atoms with Crippen LogP contribution in [-0.2, 0) is 0 Å². The van der Waals surface area contributed by atoms with Crippen LogP contribution in [0, 0.1) is 0 Å². The van der Waals surface area contributed by atoms with E-state index >= 15 is 0 Å². The lowest BCUT2D eigenvalue weighted by molar-refractivity contribution is 1.29. The molecule has 12 aromatic rings. The predicted molar refractivity (Wildman–Crippen MR) is 268 cm³/mol. The van der Waals surface area contributed by atoms with Gasteiger partial charge in [-0.15, -0.1) is 11.3 Å². The van der Waals surface area contributed by atoms with E-state index in [0.29, 0.717) is 0 Å². The van der Waals surface area contributed by atoms with E-state index in [4.69, 9.17) is 0 Å². The van der Waals surface area contributed by atoms with E-state index in [1.54, 1.807) is 0 Å². The molecule has 0 fully saturated rings. The second kappa shape index (κ2) is 15.0. The maximum atomic E-state index is 2.47. The average Bonchev–Trinajstić information content (AvgIpc) is 3.73. The van der Waals surface area contributed by atoms with Crippen LogP contribution < -0.4 is 4.90 Å². The Morgan fingerprint density at radius 1 is 0.274 bits per heavy atom. The predicted octanol–water partition coefficient (Wildman–Crippen LogP) is 17.7. The maximum Gasteiger partial charge on any atom is 0.0540 e. The summed E-state index contributed by atoms with van der Waals surface area (Å²) in [5.41, 5.74) is 12.9. The molecule has 0 saturated heterocycles. The first-order valence-electron chi connectivity index (χ1n) is 21.3. The van der Waals surface area contributed by atoms with Crippen molar-refractivity contribution in [3.63, 3.8) is 0 Å². The highest BCUT2D eigenvalue weighted by molar-refractivity contribution is 7.26. The average molecular weight is 806 g/mol. The Hall–Kier alpha value is -7.78. The van der Waals surface area contributed by atoms with Crippen molar-refractivity contribution >= 4 is 80.9 Å². The minimum absolute atomic E-state index is 1.09. The molecule has 1 nitrogen and oxygen atoms in total. The van der Waals surface area contributed by atoms with Gasteiger partial charge < -0.3 is 4.90 Å². The minimum Gasteiger partial charge on any atom is -0.310 e. The van der Waals surface area contributed by atoms with E-state index < -0.39 is 0 Å². The van der Waals surface area contributed by atoms with Gasteiger partial charge in [0.25, 0.3) is 0 Å². The number of nitrogens with zero attached hydrogens (tertiary/aromatic N) is 1. The first-order valence-corrected chi connectivity index (χ1v) is 22.1. The molecule has 62 heavy (non-hydrogen) atoms. The van der Waals surface area contributed by atoms with Crippen LogP contribution in [0.4, 0.5) is 17.1 Å². The van der Waals surface area contributed by atoms with Gasteiger partial charge in [-0.3, -0.25) is 0 Å². The lowest BCUT2D eigenvalue weighted by Gasteiger charge is -2.29. The Labute approximate surface area is 365 Å². The molecule has 1 heterocycles. The Bertz CT molecular complexity index is 3650. The van der Waals surface area contributed by atoms with Crippen molar-refractivity contribution in [3.05, 3.63) is 237 Å². The SMILES string of the molecule is c1ccc(-c2ccccc2-c2cccc(N(c3ccc4c(c3)sc3c5ccccc5ccc43)c3ccccc3-c3ccccc3-c3cc4ccccc4c4ccccc34)c2)cc1. The molecule has 0 aliphatic heterocycles. The molecule has 0 spiro atoms. The van der Waals surface area contributed by atoms with Crippen molar-refractivity contribution in [2.75, 3.05) is 4.90 Å². The van der Waals surface area contributed by atoms with Crippen LogP contribution >= 0.6 is 11.3 Å². The molecule has 0 saturated carbocycles. The van der Waals surface area contributed by atoms with Gasteiger partial charge >= 0.3 is 0 Å². The van der Waals surface area contributed by atoms with Crippen molar-refractivity contribution in [2.24, 2.45) is 0 Å². The van der Waals surface area contributed by atoms with Gasteiger partial charge in [0.05, 0.1) is 5.69 Å². The van der Waals surface area contributed by atoms with E-state index in [1.807, 2.05) is 11.3 Å². The third-order valence-corrected chi connectivity index (χ3v) is 13.7. The Morgan fingerprint density at radius 3 is 1.65 bits per heavy atom. The summed E-state index contributed by atoms with van der Waals surface area (Å²) < 4.78 is 2.60. The molecular formula is C60H39NS. The second-order valence-corrected chi connectivity index (χ2v) is 17.0. The first-order chi connectivity index (χ1) is 30.8. The van der Waals surface area contributed by atoms with Gasteiger partial charge in [-0.25, -0.2) is 0 Å². The monoisotopic (exact) mass is 805 g/mol. The summed E-state index contributed by atoms with van der Waals surface area (Å²) in [7, 11) is 0. The summed E-state index contributed by atoms with van der Waals surface area (Å²) in [6.07, 6.45) is 0. The fraction of sp³-hybridized carbons (Fsp3) is 0. The van der Waals surface area contributed by atoms with Gasteiger partial charge in [-0.2, -0.15) is 0 Å². The summed E-state index contributed by atoms with van der Waals surface area (Å²) >= 11 is 1.89. The van der Waals surface area contributed by atoms with Crippen molar-refractivity contribution in [2.45, 2.75) is 0 Å². The van der Waals surface area contributed by atoms with Gasteiger partial charge in [0.2, 0.25) is 0 Å². The molecule has 12 rings (SSSR count). The maximum absolute atomic E-state index is 2.47. The van der Waals surface area contributed by atoms with Crippen LogP contribution in [0.2, 0.25) is 0 Å². The summed E-state index contributed by atoms with van der Waals surface area (Å²) in [4.78, 5) is 2.47. The number of hydrogen-bond donors (Lipinski definition) is 0. The standard InChI is InChI=1S/C60H39NS/c1-2-17-40(18-3-1)46-23-8-9-24-47(46)42-21-16-22-44(37-42)61(45-34-36-55-56-35-33-41-19-4-7-26-49(41)60(56)62-59(55)39-45)58-32-15-14-31-54(58)51-28-11-13-30-53(51)57-38-43-20-5-6-25-48(43)50-27-10-12-29-52(50)57/h1-39H. The van der Waals surface area contributed by atoms with Crippen molar-refractivity contribution < 1.29 is 0 Å². The summed E-state index contributed by atoms with van der Waals surface area (Å²) in [5, 5.41) is 10.2. The smallest absolute Gasteiger partial charge is 0.0540 e. The van der Waals surface area contributed by atoms with E-state index in [9.17, 15) is 0 Å². The third kappa shape index (κ3) is 6.07. The molecule has 0 unspecified atom stereocenters. The number of hydrogen-bond acceptors (Lipinski definition) is 2. The van der Waals surface area contributed by atoms with Crippen molar-refractivity contribution in [3.8, 4) is 44.5 Å². The van der Waals surface area contributed by atoms with Gasteiger partial charge in [0.15, 0.2) is 0 Å². The highest BCUT2D eigenvalue weighted by atomic mass is 32.1. The van der Waals surface area contributed by atoms with Crippen LogP contribution in [0.5, 0.6) is 0 Å². The topological polar surface area (TPSA) is 3.24 Å². The number of thiophene rings is 1. The number of benzene rings is 11. The zero-order chi connectivity index (χ0) is 41.0. The lowest BCUT2D eigenvalue weighted by atomic mass is 9.88. The van der Waals surface area contributed by atoms with E-state index in [-0.39, 0.29) is 0 Å². The lowest BCUT2D eigenvalue weighted by Crippen LogP contribution is -2.11. The quantitative estimate of drug-likeness (QED) is 0.145. The highest BCUT2D eigenvalue weighted by Gasteiger charge is 2.22. The van der Waals surface area contributed by atoms with E-state index in [2.05, 4.69) is 241 Å². The molecule has 0 aliphatic rings. The van der Waals surface area contributed by atoms with Gasteiger partial charge in [0.1, 0.15) is 0 Å². The normalized spacial score (nSPS) is 11.5. The summed E-state index contributed by atoms with van der Waals surface area (Å²) in [5.74, 6) is 0. The van der Waals surface area contributed by atoms with Crippen molar-refractivity contribution in [1.29, 1.82) is 0 Å². The fourth-order valence-electron chi connectivity index (χ4n) is 9.60. The zero-order valence-electron chi connectivity index (χ0n) is 33.9. The minimum atomic E-state index is 1.09. The van der Waals surface area contributed by atoms with E-state index in [1.165, 1.54) is 91.4 Å². The Balaban J connectivity index is 1.09. The fourth-order valence-corrected chi connectivity index (χ4v) is 10.9. The number of para-hydroxylation sites is 1. The molecule has 290 valence electrons. The third-order valence-electron chi connectivity index (χ3n) is 12.5.